The average molecular weight is 174 g/mol. The molecule has 2 N–H and O–H groups in total. The molecule has 0 bridgehead atoms. The van der Waals surface area contributed by atoms with E-state index in [2.05, 4.69) is 28.8 Å². The van der Waals surface area contributed by atoms with Gasteiger partial charge in [0.2, 0.25) is 0 Å². The third kappa shape index (κ3) is 1.05. The van der Waals surface area contributed by atoms with Crippen molar-refractivity contribution < 1.29 is 0 Å². The fraction of sp³-hybridized carbons (Fsp3) is 0.455. The highest BCUT2D eigenvalue weighted by molar-refractivity contribution is 5.61. The Hall–Kier alpha value is -1.02. The minimum atomic E-state index is 0.751. The number of hydrogen-bond donors (Lipinski definition) is 2. The van der Waals surface area contributed by atoms with Crippen LogP contribution in [0.2, 0.25) is 0 Å². The lowest BCUT2D eigenvalue weighted by molar-refractivity contribution is 0.625. The first-order valence-electron chi connectivity index (χ1n) is 5.01. The third-order valence-electron chi connectivity index (χ3n) is 3.13. The lowest BCUT2D eigenvalue weighted by Gasteiger charge is -2.08. The molecule has 1 atom stereocenters. The van der Waals surface area contributed by atoms with Gasteiger partial charge in [0.05, 0.1) is 0 Å². The molecule has 0 aliphatic carbocycles. The fourth-order valence-electron chi connectivity index (χ4n) is 2.48. The third-order valence-corrected chi connectivity index (χ3v) is 3.13. The molecule has 2 heteroatoms. The summed E-state index contributed by atoms with van der Waals surface area (Å²) in [5.41, 5.74) is 4.43. The van der Waals surface area contributed by atoms with Crippen LogP contribution < -0.4 is 10.6 Å². The molecule has 3 rings (SSSR count). The van der Waals surface area contributed by atoms with Gasteiger partial charge in [-0.15, -0.1) is 0 Å². The molecule has 1 unspecified atom stereocenters. The van der Waals surface area contributed by atoms with Gasteiger partial charge in [0.25, 0.3) is 0 Å². The first kappa shape index (κ1) is 7.39. The van der Waals surface area contributed by atoms with Gasteiger partial charge in [-0.05, 0) is 30.2 Å². The van der Waals surface area contributed by atoms with Gasteiger partial charge in [0.15, 0.2) is 0 Å². The maximum Gasteiger partial charge on any atom is 0.0379 e. The van der Waals surface area contributed by atoms with E-state index in [1.807, 2.05) is 0 Å². The summed E-state index contributed by atoms with van der Waals surface area (Å²) in [7, 11) is 0. The molecule has 0 saturated carbocycles. The summed E-state index contributed by atoms with van der Waals surface area (Å²) in [6.45, 7) is 3.33. The van der Waals surface area contributed by atoms with Crippen LogP contribution in [0.4, 0.5) is 5.69 Å². The van der Waals surface area contributed by atoms with Gasteiger partial charge in [0, 0.05) is 24.7 Å². The normalized spacial score (nSPS) is 24.8. The van der Waals surface area contributed by atoms with Gasteiger partial charge < -0.3 is 10.6 Å². The standard InChI is InChI=1S/C11H14N2/c1-2-8-6-12-5-4-9-7-13-10(3-1)11(8)9/h1-3,9,12-13H,4-7H2. The van der Waals surface area contributed by atoms with Crippen LogP contribution in [0.5, 0.6) is 0 Å². The van der Waals surface area contributed by atoms with E-state index in [1.54, 1.807) is 5.56 Å². The smallest absolute Gasteiger partial charge is 0.0379 e. The highest BCUT2D eigenvalue weighted by Gasteiger charge is 2.25. The van der Waals surface area contributed by atoms with Crippen molar-refractivity contribution in [2.75, 3.05) is 18.4 Å². The molecule has 1 aromatic rings. The van der Waals surface area contributed by atoms with Gasteiger partial charge in [-0.1, -0.05) is 12.1 Å². The van der Waals surface area contributed by atoms with Crippen molar-refractivity contribution in [3.05, 3.63) is 29.3 Å². The Balaban J connectivity index is 2.16. The van der Waals surface area contributed by atoms with Crippen molar-refractivity contribution in [2.45, 2.75) is 18.9 Å². The minimum Gasteiger partial charge on any atom is -0.384 e. The first-order valence-corrected chi connectivity index (χ1v) is 5.01. The van der Waals surface area contributed by atoms with Crippen LogP contribution in [-0.2, 0) is 6.54 Å². The van der Waals surface area contributed by atoms with Crippen LogP contribution in [0.25, 0.3) is 0 Å². The maximum absolute atomic E-state index is 3.48. The topological polar surface area (TPSA) is 24.1 Å². The highest BCUT2D eigenvalue weighted by atomic mass is 14.9. The highest BCUT2D eigenvalue weighted by Crippen LogP contribution is 2.37. The molecule has 0 aromatic heterocycles. The zero-order valence-corrected chi connectivity index (χ0v) is 7.64. The molecule has 2 aliphatic heterocycles. The van der Waals surface area contributed by atoms with E-state index in [9.17, 15) is 0 Å². The molecule has 13 heavy (non-hydrogen) atoms. The summed E-state index contributed by atoms with van der Waals surface area (Å²) in [5, 5.41) is 6.95. The number of nitrogens with one attached hydrogen (secondary N) is 2. The Labute approximate surface area is 78.3 Å². The first-order chi connectivity index (χ1) is 6.45. The largest absolute Gasteiger partial charge is 0.384 e. The van der Waals surface area contributed by atoms with E-state index in [0.717, 1.165) is 25.6 Å². The number of hydrogen-bond acceptors (Lipinski definition) is 2. The lowest BCUT2D eigenvalue weighted by atomic mass is 9.95. The molecule has 2 nitrogen and oxygen atoms in total. The molecular formula is C11H14N2. The maximum atomic E-state index is 3.48. The molecule has 2 heterocycles. The van der Waals surface area contributed by atoms with Crippen molar-refractivity contribution in [3.63, 3.8) is 0 Å². The summed E-state index contributed by atoms with van der Waals surface area (Å²) < 4.78 is 0. The Morgan fingerprint density at radius 2 is 2.31 bits per heavy atom. The van der Waals surface area contributed by atoms with Crippen LogP contribution in [0.1, 0.15) is 23.5 Å². The average Bonchev–Trinajstić information content (AvgIpc) is 2.44. The predicted molar refractivity (Wildman–Crippen MR) is 54.0 cm³/mol. The van der Waals surface area contributed by atoms with Crippen LogP contribution in [0.3, 0.4) is 0 Å². The van der Waals surface area contributed by atoms with Crippen molar-refractivity contribution in [1.29, 1.82) is 0 Å². The van der Waals surface area contributed by atoms with Crippen molar-refractivity contribution in [3.8, 4) is 0 Å². The van der Waals surface area contributed by atoms with E-state index in [-0.39, 0.29) is 0 Å². The molecule has 2 aliphatic rings. The zero-order valence-electron chi connectivity index (χ0n) is 7.64. The number of anilines is 1. The second-order valence-corrected chi connectivity index (χ2v) is 3.92. The van der Waals surface area contributed by atoms with Gasteiger partial charge in [-0.3, -0.25) is 0 Å². The number of benzene rings is 1. The molecule has 0 amide bonds. The van der Waals surface area contributed by atoms with Gasteiger partial charge >= 0.3 is 0 Å². The summed E-state index contributed by atoms with van der Waals surface area (Å²) in [6.07, 6.45) is 1.27. The summed E-state index contributed by atoms with van der Waals surface area (Å²) in [4.78, 5) is 0. The van der Waals surface area contributed by atoms with E-state index >= 15 is 0 Å². The Morgan fingerprint density at radius 1 is 1.31 bits per heavy atom. The summed E-state index contributed by atoms with van der Waals surface area (Å²) in [6, 6.07) is 6.60. The Morgan fingerprint density at radius 3 is 3.31 bits per heavy atom. The molecule has 1 aromatic carbocycles. The molecule has 68 valence electrons. The van der Waals surface area contributed by atoms with Crippen molar-refractivity contribution in [1.82, 2.24) is 5.32 Å². The lowest BCUT2D eigenvalue weighted by Crippen LogP contribution is -2.13. The predicted octanol–water partition coefficient (Wildman–Crippen LogP) is 1.69. The van der Waals surface area contributed by atoms with Crippen LogP contribution in [0, 0.1) is 0 Å². The van der Waals surface area contributed by atoms with E-state index in [1.165, 1.54) is 17.7 Å². The van der Waals surface area contributed by atoms with Crippen molar-refractivity contribution in [2.24, 2.45) is 0 Å². The monoisotopic (exact) mass is 174 g/mol. The van der Waals surface area contributed by atoms with Crippen LogP contribution in [0.15, 0.2) is 18.2 Å². The van der Waals surface area contributed by atoms with E-state index < -0.39 is 0 Å². The van der Waals surface area contributed by atoms with E-state index in [0.29, 0.717) is 0 Å². The Kier molecular flexibility index (Phi) is 1.56. The van der Waals surface area contributed by atoms with Gasteiger partial charge in [-0.25, -0.2) is 0 Å². The van der Waals surface area contributed by atoms with Crippen LogP contribution >= 0.6 is 0 Å². The van der Waals surface area contributed by atoms with Gasteiger partial charge in [-0.2, -0.15) is 0 Å². The number of rotatable bonds is 0. The van der Waals surface area contributed by atoms with Crippen molar-refractivity contribution >= 4 is 5.69 Å². The molecule has 0 radical (unpaired) electrons. The quantitative estimate of drug-likeness (QED) is 0.625. The summed E-state index contributed by atoms with van der Waals surface area (Å²) >= 11 is 0. The second kappa shape index (κ2) is 2.74. The second-order valence-electron chi connectivity index (χ2n) is 3.92. The van der Waals surface area contributed by atoms with Gasteiger partial charge in [0.1, 0.15) is 0 Å². The Bertz CT molecular complexity index is 333. The molecule has 0 saturated heterocycles. The SMILES string of the molecule is c1cc2c3c(c1)NCC3CCNC2. The molecule has 0 fully saturated rings. The minimum absolute atomic E-state index is 0.751. The molecule has 0 spiro atoms. The zero-order chi connectivity index (χ0) is 8.67. The van der Waals surface area contributed by atoms with E-state index in [4.69, 9.17) is 0 Å². The molecular weight excluding hydrogens is 160 g/mol. The summed E-state index contributed by atoms with van der Waals surface area (Å²) in [5.74, 6) is 0.751. The van der Waals surface area contributed by atoms with Crippen LogP contribution in [-0.4, -0.2) is 13.1 Å². The fourth-order valence-corrected chi connectivity index (χ4v) is 2.48.